The van der Waals surface area contributed by atoms with Crippen molar-refractivity contribution in [1.82, 2.24) is 4.37 Å². The van der Waals surface area contributed by atoms with Gasteiger partial charge in [-0.05, 0) is 42.7 Å². The van der Waals surface area contributed by atoms with Gasteiger partial charge in [0, 0.05) is 24.2 Å². The first-order valence-electron chi connectivity index (χ1n) is 11.4. The Bertz CT molecular complexity index is 1190. The molecule has 0 aliphatic heterocycles. The molecule has 0 bridgehead atoms. The molecule has 37 heavy (non-hydrogen) atoms. The first-order chi connectivity index (χ1) is 17.7. The number of aryl methyl sites for hydroxylation is 1. The number of aliphatic hydroxyl groups is 1. The van der Waals surface area contributed by atoms with Crippen molar-refractivity contribution in [3.8, 4) is 6.07 Å². The van der Waals surface area contributed by atoms with Crippen molar-refractivity contribution in [2.75, 3.05) is 36.5 Å². The summed E-state index contributed by atoms with van der Waals surface area (Å²) >= 11 is 1.06. The van der Waals surface area contributed by atoms with Crippen LogP contribution in [0.5, 0.6) is 0 Å². The molecule has 0 aliphatic carbocycles. The van der Waals surface area contributed by atoms with E-state index in [1.165, 1.54) is 6.08 Å². The molecule has 196 valence electrons. The smallest absolute Gasteiger partial charge is 0.330 e. The van der Waals surface area contributed by atoms with Crippen molar-refractivity contribution >= 4 is 45.5 Å². The molecule has 11 nitrogen and oxygen atoms in total. The van der Waals surface area contributed by atoms with E-state index in [0.717, 1.165) is 17.6 Å². The second kappa shape index (κ2) is 14.6. The molecule has 0 spiro atoms. The number of nitrogens with zero attached hydrogens (tertiary/aromatic N) is 5. The number of carbonyl (C=O) groups is 2. The number of ether oxygens (including phenoxy) is 2. The van der Waals surface area contributed by atoms with Crippen LogP contribution in [0.1, 0.15) is 25.1 Å². The van der Waals surface area contributed by atoms with Gasteiger partial charge in [-0.3, -0.25) is 4.79 Å². The van der Waals surface area contributed by atoms with Gasteiger partial charge in [0.2, 0.25) is 5.91 Å². The van der Waals surface area contributed by atoms with Crippen LogP contribution in [-0.4, -0.2) is 53.9 Å². The van der Waals surface area contributed by atoms with Gasteiger partial charge in [0.05, 0.1) is 24.5 Å². The van der Waals surface area contributed by atoms with Crippen molar-refractivity contribution in [2.24, 2.45) is 16.1 Å². The Morgan fingerprint density at radius 1 is 1.30 bits per heavy atom. The summed E-state index contributed by atoms with van der Waals surface area (Å²) in [5.41, 5.74) is 2.38. The molecule has 2 N–H and O–H groups in total. The van der Waals surface area contributed by atoms with E-state index < -0.39 is 12.3 Å². The second-order valence-electron chi connectivity index (χ2n) is 7.96. The standard InChI is InChI=1S/C25H30N6O5S/c1-6-22(32)35-12-10-31(11-13-36-23(33)7-2)18-8-9-20(21(14-18)27-24(34)16(3)4)28-29-25-19(15-26)17(5)30-37-25/h6-9,14,16,22,32H,1-2,10-13H2,3-5H3,(H,27,34). The van der Waals surface area contributed by atoms with Crippen molar-refractivity contribution in [3.63, 3.8) is 0 Å². The highest BCUT2D eigenvalue weighted by atomic mass is 32.1. The molecule has 1 aromatic carbocycles. The average Bonchev–Trinajstić information content (AvgIpc) is 3.25. The normalized spacial score (nSPS) is 11.7. The fourth-order valence-electron chi connectivity index (χ4n) is 2.88. The monoisotopic (exact) mass is 526 g/mol. The topological polar surface area (TPSA) is 150 Å². The molecule has 2 aromatic rings. The van der Waals surface area contributed by atoms with Crippen LogP contribution in [-0.2, 0) is 19.1 Å². The number of amides is 1. The summed E-state index contributed by atoms with van der Waals surface area (Å²) in [6, 6.07) is 7.23. The van der Waals surface area contributed by atoms with E-state index in [9.17, 15) is 20.0 Å². The third-order valence-electron chi connectivity index (χ3n) is 4.96. The minimum absolute atomic E-state index is 0.0751. The van der Waals surface area contributed by atoms with Crippen LogP contribution < -0.4 is 10.2 Å². The number of aromatic nitrogens is 1. The van der Waals surface area contributed by atoms with E-state index in [0.29, 0.717) is 46.4 Å². The van der Waals surface area contributed by atoms with Gasteiger partial charge < -0.3 is 24.8 Å². The Hall–Kier alpha value is -3.92. The lowest BCUT2D eigenvalue weighted by Gasteiger charge is -2.26. The zero-order valence-electron chi connectivity index (χ0n) is 21.0. The van der Waals surface area contributed by atoms with Crippen LogP contribution in [0.4, 0.5) is 22.1 Å². The molecule has 0 radical (unpaired) electrons. The number of rotatable bonds is 14. The summed E-state index contributed by atoms with van der Waals surface area (Å²) in [6.07, 6.45) is 1.23. The molecule has 0 saturated heterocycles. The number of hydrogen-bond donors (Lipinski definition) is 2. The molecule has 1 unspecified atom stereocenters. The van der Waals surface area contributed by atoms with Gasteiger partial charge >= 0.3 is 5.97 Å². The van der Waals surface area contributed by atoms with Crippen LogP contribution in [0.3, 0.4) is 0 Å². The van der Waals surface area contributed by atoms with Crippen molar-refractivity contribution < 1.29 is 24.2 Å². The number of esters is 1. The quantitative estimate of drug-likeness (QED) is 0.121. The third-order valence-corrected chi connectivity index (χ3v) is 5.78. The number of nitriles is 1. The van der Waals surface area contributed by atoms with Gasteiger partial charge in [0.1, 0.15) is 23.9 Å². The van der Waals surface area contributed by atoms with Crippen molar-refractivity contribution in [3.05, 3.63) is 54.8 Å². The van der Waals surface area contributed by atoms with Crippen molar-refractivity contribution in [2.45, 2.75) is 27.1 Å². The minimum atomic E-state index is -1.11. The van der Waals surface area contributed by atoms with Gasteiger partial charge in [-0.2, -0.15) is 9.64 Å². The van der Waals surface area contributed by atoms with E-state index in [2.05, 4.69) is 39.1 Å². The molecular formula is C25H30N6O5S. The Balaban J connectivity index is 2.38. The van der Waals surface area contributed by atoms with Gasteiger partial charge in [-0.25, -0.2) is 4.79 Å². The van der Waals surface area contributed by atoms with Crippen molar-refractivity contribution in [1.29, 1.82) is 5.26 Å². The highest BCUT2D eigenvalue weighted by molar-refractivity contribution is 7.10. The Kier molecular flexibility index (Phi) is 11.6. The molecular weight excluding hydrogens is 496 g/mol. The predicted octanol–water partition coefficient (Wildman–Crippen LogP) is 4.39. The molecule has 1 atom stereocenters. The summed E-state index contributed by atoms with van der Waals surface area (Å²) in [4.78, 5) is 25.8. The van der Waals surface area contributed by atoms with Crippen LogP contribution >= 0.6 is 11.5 Å². The zero-order valence-corrected chi connectivity index (χ0v) is 21.8. The largest absolute Gasteiger partial charge is 0.461 e. The highest BCUT2D eigenvalue weighted by Gasteiger charge is 2.16. The number of carbonyl (C=O) groups excluding carboxylic acids is 2. The van der Waals surface area contributed by atoms with E-state index >= 15 is 0 Å². The first kappa shape index (κ1) is 29.3. The van der Waals surface area contributed by atoms with Crippen LogP contribution in [0.25, 0.3) is 0 Å². The fourth-order valence-corrected chi connectivity index (χ4v) is 3.55. The molecule has 0 aliphatic rings. The molecule has 0 saturated carbocycles. The number of azo groups is 1. The number of benzene rings is 1. The van der Waals surface area contributed by atoms with E-state index in [1.807, 2.05) is 4.90 Å². The SMILES string of the molecule is C=CC(=O)OCCN(CCOC(O)C=C)c1ccc(N=Nc2snc(C)c2C#N)c(NC(=O)C(C)C)c1. The highest BCUT2D eigenvalue weighted by Crippen LogP contribution is 2.34. The summed E-state index contributed by atoms with van der Waals surface area (Å²) in [5, 5.41) is 30.6. The number of nitrogens with one attached hydrogen (secondary N) is 1. The van der Waals surface area contributed by atoms with Gasteiger partial charge in [-0.15, -0.1) is 10.2 Å². The number of aliphatic hydroxyl groups excluding tert-OH is 1. The molecule has 1 heterocycles. The summed E-state index contributed by atoms with van der Waals surface area (Å²) in [5.74, 6) is -1.05. The first-order valence-corrected chi connectivity index (χ1v) is 12.2. The Labute approximate surface area is 219 Å². The minimum Gasteiger partial charge on any atom is -0.461 e. The second-order valence-corrected chi connectivity index (χ2v) is 8.71. The third kappa shape index (κ3) is 8.91. The maximum Gasteiger partial charge on any atom is 0.330 e. The number of anilines is 2. The lowest BCUT2D eigenvalue weighted by Crippen LogP contribution is -2.32. The fraction of sp³-hybridized carbons (Fsp3) is 0.360. The molecule has 2 rings (SSSR count). The summed E-state index contributed by atoms with van der Waals surface area (Å²) in [7, 11) is 0. The molecule has 1 amide bonds. The van der Waals surface area contributed by atoms with Crippen LogP contribution in [0.2, 0.25) is 0 Å². The lowest BCUT2D eigenvalue weighted by molar-refractivity contribution is -0.137. The van der Waals surface area contributed by atoms with E-state index in [1.54, 1.807) is 39.0 Å². The lowest BCUT2D eigenvalue weighted by atomic mass is 10.1. The molecule has 12 heteroatoms. The van der Waals surface area contributed by atoms with E-state index in [-0.39, 0.29) is 25.0 Å². The number of hydrogen-bond acceptors (Lipinski definition) is 11. The van der Waals surface area contributed by atoms with Gasteiger partial charge in [0.15, 0.2) is 11.3 Å². The summed E-state index contributed by atoms with van der Waals surface area (Å²) < 4.78 is 14.5. The molecule has 1 aromatic heterocycles. The maximum absolute atomic E-state index is 12.5. The van der Waals surface area contributed by atoms with Crippen LogP contribution in [0, 0.1) is 24.2 Å². The maximum atomic E-state index is 12.5. The van der Waals surface area contributed by atoms with Gasteiger partial charge in [-0.1, -0.05) is 27.0 Å². The average molecular weight is 527 g/mol. The van der Waals surface area contributed by atoms with Gasteiger partial charge in [0.25, 0.3) is 0 Å². The zero-order chi connectivity index (χ0) is 27.4. The van der Waals surface area contributed by atoms with Crippen LogP contribution in [0.15, 0.2) is 53.7 Å². The summed E-state index contributed by atoms with van der Waals surface area (Å²) in [6.45, 7) is 13.0. The molecule has 0 fully saturated rings. The van der Waals surface area contributed by atoms with E-state index in [4.69, 9.17) is 9.47 Å². The Morgan fingerprint density at radius 2 is 2.03 bits per heavy atom. The Morgan fingerprint density at radius 3 is 2.68 bits per heavy atom. The predicted molar refractivity (Wildman–Crippen MR) is 141 cm³/mol.